The zero-order chi connectivity index (χ0) is 9.42. The van der Waals surface area contributed by atoms with E-state index in [-0.39, 0.29) is 11.9 Å². The van der Waals surface area contributed by atoms with Crippen LogP contribution in [0.5, 0.6) is 0 Å². The molecule has 2 heteroatoms. The fraction of sp³-hybridized carbons (Fsp3) is 0.455. The third-order valence-electron chi connectivity index (χ3n) is 2.57. The van der Waals surface area contributed by atoms with Gasteiger partial charge < -0.3 is 5.73 Å². The molecule has 0 radical (unpaired) electrons. The van der Waals surface area contributed by atoms with Crippen molar-refractivity contribution in [3.8, 4) is 0 Å². The van der Waals surface area contributed by atoms with Gasteiger partial charge in [0.1, 0.15) is 5.82 Å². The molecular formula is C11H14FN. The molecule has 1 atom stereocenters. The number of hydrogen-bond acceptors (Lipinski definition) is 1. The summed E-state index contributed by atoms with van der Waals surface area (Å²) in [6, 6.07) is 5.30. The first-order chi connectivity index (χ1) is 6.18. The molecule has 1 aliphatic rings. The molecule has 0 spiro atoms. The van der Waals surface area contributed by atoms with Crippen LogP contribution in [0.15, 0.2) is 18.2 Å². The van der Waals surface area contributed by atoms with Crippen LogP contribution in [0.2, 0.25) is 0 Å². The highest BCUT2D eigenvalue weighted by Crippen LogP contribution is 2.41. The number of rotatable bonds is 2. The molecule has 1 aromatic carbocycles. The minimum Gasteiger partial charge on any atom is -0.324 e. The Kier molecular flexibility index (Phi) is 2.08. The van der Waals surface area contributed by atoms with E-state index in [9.17, 15) is 4.39 Å². The third-order valence-corrected chi connectivity index (χ3v) is 2.57. The van der Waals surface area contributed by atoms with Crippen molar-refractivity contribution in [2.45, 2.75) is 31.7 Å². The summed E-state index contributed by atoms with van der Waals surface area (Å²) in [5, 5.41) is 0. The Morgan fingerprint density at radius 3 is 2.62 bits per heavy atom. The van der Waals surface area contributed by atoms with Crippen molar-refractivity contribution < 1.29 is 4.39 Å². The maximum atomic E-state index is 13.4. The second kappa shape index (κ2) is 3.11. The number of nitrogens with two attached hydrogens (primary N) is 1. The van der Waals surface area contributed by atoms with Gasteiger partial charge in [0.05, 0.1) is 0 Å². The van der Waals surface area contributed by atoms with E-state index in [0.717, 1.165) is 24.0 Å². The van der Waals surface area contributed by atoms with Crippen LogP contribution in [0.25, 0.3) is 0 Å². The van der Waals surface area contributed by atoms with E-state index in [1.807, 2.05) is 19.1 Å². The highest BCUT2D eigenvalue weighted by Gasteiger charge is 2.26. The zero-order valence-corrected chi connectivity index (χ0v) is 7.76. The summed E-state index contributed by atoms with van der Waals surface area (Å²) in [7, 11) is 0. The van der Waals surface area contributed by atoms with Crippen LogP contribution in [0, 0.1) is 5.82 Å². The predicted octanol–water partition coefficient (Wildman–Crippen LogP) is 2.72. The Hall–Kier alpha value is -0.890. The lowest BCUT2D eigenvalue weighted by atomic mass is 10.0. The summed E-state index contributed by atoms with van der Waals surface area (Å²) in [5.74, 6) is 0.388. The number of hydrogen-bond donors (Lipinski definition) is 1. The summed E-state index contributed by atoms with van der Waals surface area (Å²) in [5.41, 5.74) is 7.40. The van der Waals surface area contributed by atoms with Crippen molar-refractivity contribution in [1.29, 1.82) is 0 Å². The van der Waals surface area contributed by atoms with Gasteiger partial charge in [-0.25, -0.2) is 4.39 Å². The van der Waals surface area contributed by atoms with E-state index in [4.69, 9.17) is 5.73 Å². The Morgan fingerprint density at radius 2 is 2.15 bits per heavy atom. The van der Waals surface area contributed by atoms with Gasteiger partial charge in [-0.15, -0.1) is 0 Å². The van der Waals surface area contributed by atoms with Crippen LogP contribution in [-0.4, -0.2) is 0 Å². The molecule has 13 heavy (non-hydrogen) atoms. The highest BCUT2D eigenvalue weighted by atomic mass is 19.1. The van der Waals surface area contributed by atoms with Gasteiger partial charge in [-0.05, 0) is 42.9 Å². The van der Waals surface area contributed by atoms with E-state index >= 15 is 0 Å². The molecule has 0 saturated heterocycles. The predicted molar refractivity (Wildman–Crippen MR) is 51.0 cm³/mol. The highest BCUT2D eigenvalue weighted by molar-refractivity contribution is 5.30. The van der Waals surface area contributed by atoms with Crippen LogP contribution in [0.1, 0.15) is 42.9 Å². The lowest BCUT2D eigenvalue weighted by Gasteiger charge is -2.07. The van der Waals surface area contributed by atoms with E-state index < -0.39 is 0 Å². The lowest BCUT2D eigenvalue weighted by molar-refractivity contribution is 0.605. The molecule has 1 aliphatic carbocycles. The van der Waals surface area contributed by atoms with Gasteiger partial charge in [0, 0.05) is 6.04 Å². The molecule has 70 valence electrons. The van der Waals surface area contributed by atoms with Gasteiger partial charge >= 0.3 is 0 Å². The van der Waals surface area contributed by atoms with Gasteiger partial charge in [0.15, 0.2) is 0 Å². The summed E-state index contributed by atoms with van der Waals surface area (Å²) in [4.78, 5) is 0. The standard InChI is InChI=1S/C11H14FN/c1-7(13)9-4-5-10(8-2-3-8)11(12)6-9/h4-8H,2-3,13H2,1H3/t7-/m1/s1. The first-order valence-electron chi connectivity index (χ1n) is 4.73. The summed E-state index contributed by atoms with van der Waals surface area (Å²) >= 11 is 0. The molecule has 0 heterocycles. The molecule has 0 bridgehead atoms. The van der Waals surface area contributed by atoms with Crippen molar-refractivity contribution >= 4 is 0 Å². The van der Waals surface area contributed by atoms with Gasteiger partial charge in [0.2, 0.25) is 0 Å². The third kappa shape index (κ3) is 1.73. The second-order valence-electron chi connectivity index (χ2n) is 3.84. The molecule has 2 rings (SSSR count). The van der Waals surface area contributed by atoms with Crippen molar-refractivity contribution in [1.82, 2.24) is 0 Å². The molecule has 1 aromatic rings. The average molecular weight is 179 g/mol. The minimum atomic E-state index is -0.0858. The van der Waals surface area contributed by atoms with E-state index in [2.05, 4.69) is 0 Å². The Morgan fingerprint density at radius 1 is 1.46 bits per heavy atom. The van der Waals surface area contributed by atoms with Gasteiger partial charge in [-0.2, -0.15) is 0 Å². The van der Waals surface area contributed by atoms with Gasteiger partial charge in [-0.1, -0.05) is 12.1 Å². The van der Waals surface area contributed by atoms with Crippen LogP contribution >= 0.6 is 0 Å². The van der Waals surface area contributed by atoms with E-state index in [1.54, 1.807) is 6.07 Å². The second-order valence-corrected chi connectivity index (χ2v) is 3.84. The Labute approximate surface area is 77.8 Å². The molecule has 1 nitrogen and oxygen atoms in total. The summed E-state index contributed by atoms with van der Waals surface area (Å²) in [6.07, 6.45) is 2.27. The van der Waals surface area contributed by atoms with Crippen LogP contribution < -0.4 is 5.73 Å². The maximum Gasteiger partial charge on any atom is 0.127 e. The smallest absolute Gasteiger partial charge is 0.127 e. The molecule has 0 aromatic heterocycles. The van der Waals surface area contributed by atoms with Crippen molar-refractivity contribution in [2.24, 2.45) is 5.73 Å². The fourth-order valence-electron chi connectivity index (χ4n) is 1.55. The molecule has 2 N–H and O–H groups in total. The van der Waals surface area contributed by atoms with Crippen LogP contribution in [-0.2, 0) is 0 Å². The van der Waals surface area contributed by atoms with Crippen molar-refractivity contribution in [3.63, 3.8) is 0 Å². The average Bonchev–Trinajstić information content (AvgIpc) is 2.87. The normalized spacial score (nSPS) is 18.7. The van der Waals surface area contributed by atoms with Crippen molar-refractivity contribution in [3.05, 3.63) is 35.1 Å². The topological polar surface area (TPSA) is 26.0 Å². The monoisotopic (exact) mass is 179 g/mol. The van der Waals surface area contributed by atoms with E-state index in [1.165, 1.54) is 0 Å². The first-order valence-corrected chi connectivity index (χ1v) is 4.73. The lowest BCUT2D eigenvalue weighted by Crippen LogP contribution is -2.05. The zero-order valence-electron chi connectivity index (χ0n) is 7.76. The molecular weight excluding hydrogens is 165 g/mol. The van der Waals surface area contributed by atoms with Crippen LogP contribution in [0.4, 0.5) is 4.39 Å². The Bertz CT molecular complexity index is 316. The quantitative estimate of drug-likeness (QED) is 0.742. The maximum absolute atomic E-state index is 13.4. The molecule has 0 unspecified atom stereocenters. The first kappa shape index (κ1) is 8.70. The molecule has 0 amide bonds. The summed E-state index contributed by atoms with van der Waals surface area (Å²) < 4.78 is 13.4. The molecule has 1 fully saturated rings. The molecule has 0 aliphatic heterocycles. The largest absolute Gasteiger partial charge is 0.324 e. The Balaban J connectivity index is 2.31. The minimum absolute atomic E-state index is 0.0808. The SMILES string of the molecule is C[C@@H](N)c1ccc(C2CC2)c(F)c1. The van der Waals surface area contributed by atoms with E-state index in [0.29, 0.717) is 5.92 Å². The van der Waals surface area contributed by atoms with Crippen molar-refractivity contribution in [2.75, 3.05) is 0 Å². The number of benzene rings is 1. The van der Waals surface area contributed by atoms with Gasteiger partial charge in [-0.3, -0.25) is 0 Å². The van der Waals surface area contributed by atoms with Gasteiger partial charge in [0.25, 0.3) is 0 Å². The van der Waals surface area contributed by atoms with Crippen LogP contribution in [0.3, 0.4) is 0 Å². The fourth-order valence-corrected chi connectivity index (χ4v) is 1.55. The summed E-state index contributed by atoms with van der Waals surface area (Å²) in [6.45, 7) is 1.87. The molecule has 1 saturated carbocycles. The number of halogens is 1.